The zero-order valence-corrected chi connectivity index (χ0v) is 16.0. The highest BCUT2D eigenvalue weighted by Gasteiger charge is 2.23. The lowest BCUT2D eigenvalue weighted by atomic mass is 10.2. The van der Waals surface area contributed by atoms with Gasteiger partial charge in [-0.25, -0.2) is 9.67 Å². The Morgan fingerprint density at radius 2 is 2.19 bits per heavy atom. The molecule has 1 aliphatic heterocycles. The maximum atomic E-state index is 5.90. The van der Waals surface area contributed by atoms with Gasteiger partial charge in [0.25, 0.3) is 0 Å². The first kappa shape index (κ1) is 17.3. The average Bonchev–Trinajstić information content (AvgIpc) is 3.35. The van der Waals surface area contributed by atoms with Gasteiger partial charge in [-0.1, -0.05) is 29.5 Å². The van der Waals surface area contributed by atoms with E-state index in [4.69, 9.17) is 14.5 Å². The van der Waals surface area contributed by atoms with Crippen LogP contribution in [-0.2, 0) is 11.8 Å². The van der Waals surface area contributed by atoms with E-state index in [1.165, 1.54) is 0 Å². The molecule has 0 saturated carbocycles. The highest BCUT2D eigenvalue weighted by Crippen LogP contribution is 2.31. The number of thiazole rings is 1. The number of aromatic nitrogens is 3. The molecule has 0 bridgehead atoms. The van der Waals surface area contributed by atoms with E-state index in [0.29, 0.717) is 6.61 Å². The first-order valence-corrected chi connectivity index (χ1v) is 9.87. The van der Waals surface area contributed by atoms with Gasteiger partial charge in [-0.15, -0.1) is 0 Å². The first-order chi connectivity index (χ1) is 12.7. The topological polar surface area (TPSA) is 52.4 Å². The fraction of sp³-hybridized carbons (Fsp3) is 0.474. The quantitative estimate of drug-likeness (QED) is 0.636. The number of rotatable bonds is 7. The number of benzene rings is 1. The van der Waals surface area contributed by atoms with Crippen LogP contribution in [0.1, 0.15) is 18.5 Å². The molecule has 138 valence electrons. The lowest BCUT2D eigenvalue weighted by Gasteiger charge is -2.24. The predicted molar refractivity (Wildman–Crippen MR) is 104 cm³/mol. The minimum Gasteiger partial charge on any atom is -0.492 e. The van der Waals surface area contributed by atoms with Crippen molar-refractivity contribution in [1.82, 2.24) is 14.8 Å². The summed E-state index contributed by atoms with van der Waals surface area (Å²) >= 11 is 1.70. The van der Waals surface area contributed by atoms with Crippen LogP contribution in [0.4, 0.5) is 5.13 Å². The second-order valence-electron chi connectivity index (χ2n) is 6.60. The van der Waals surface area contributed by atoms with Gasteiger partial charge in [0.1, 0.15) is 12.4 Å². The molecule has 0 unspecified atom stereocenters. The van der Waals surface area contributed by atoms with Crippen molar-refractivity contribution in [2.75, 3.05) is 31.2 Å². The molecule has 1 saturated heterocycles. The van der Waals surface area contributed by atoms with E-state index in [1.807, 2.05) is 49.0 Å². The molecule has 4 rings (SSSR count). The van der Waals surface area contributed by atoms with Crippen LogP contribution in [-0.4, -0.2) is 47.2 Å². The standard InChI is InChI=1S/C19H24N4O2S/c1-14-17-18(22(2)21-14)20-19(26-17)23(13-16-9-6-11-24-16)10-12-25-15-7-4-3-5-8-15/h3-5,7-8,16H,6,9-13H2,1-2H3/t16-/m0/s1. The van der Waals surface area contributed by atoms with Crippen LogP contribution in [0.2, 0.25) is 0 Å². The van der Waals surface area contributed by atoms with Crippen LogP contribution in [0.5, 0.6) is 5.75 Å². The monoisotopic (exact) mass is 372 g/mol. The summed E-state index contributed by atoms with van der Waals surface area (Å²) in [7, 11) is 1.95. The number of fused-ring (bicyclic) bond motifs is 1. The molecule has 3 aromatic rings. The van der Waals surface area contributed by atoms with E-state index in [0.717, 1.165) is 59.5 Å². The Morgan fingerprint density at radius 1 is 1.35 bits per heavy atom. The molecule has 0 amide bonds. The molecule has 6 nitrogen and oxygen atoms in total. The molecule has 1 aliphatic rings. The van der Waals surface area contributed by atoms with Gasteiger partial charge in [-0.3, -0.25) is 0 Å². The molecule has 7 heteroatoms. The molecule has 0 spiro atoms. The van der Waals surface area contributed by atoms with Crippen molar-refractivity contribution in [2.45, 2.75) is 25.9 Å². The molecule has 0 aliphatic carbocycles. The normalized spacial score (nSPS) is 17.1. The number of aryl methyl sites for hydroxylation is 2. The maximum Gasteiger partial charge on any atom is 0.188 e. The second kappa shape index (κ2) is 7.63. The van der Waals surface area contributed by atoms with Crippen molar-refractivity contribution in [3.8, 4) is 5.75 Å². The third kappa shape index (κ3) is 3.68. The fourth-order valence-corrected chi connectivity index (χ4v) is 4.37. The highest BCUT2D eigenvalue weighted by atomic mass is 32.1. The average molecular weight is 372 g/mol. The van der Waals surface area contributed by atoms with Crippen LogP contribution < -0.4 is 9.64 Å². The second-order valence-corrected chi connectivity index (χ2v) is 7.58. The van der Waals surface area contributed by atoms with Crippen molar-refractivity contribution in [3.63, 3.8) is 0 Å². The molecule has 0 N–H and O–H groups in total. The summed E-state index contributed by atoms with van der Waals surface area (Å²) < 4.78 is 14.8. The van der Waals surface area contributed by atoms with Crippen molar-refractivity contribution in [1.29, 1.82) is 0 Å². The van der Waals surface area contributed by atoms with Crippen LogP contribution >= 0.6 is 11.3 Å². The largest absolute Gasteiger partial charge is 0.492 e. The van der Waals surface area contributed by atoms with Crippen molar-refractivity contribution in [3.05, 3.63) is 36.0 Å². The van der Waals surface area contributed by atoms with Gasteiger partial charge in [0.2, 0.25) is 0 Å². The smallest absolute Gasteiger partial charge is 0.188 e. The molecular formula is C19H24N4O2S. The van der Waals surface area contributed by atoms with Crippen LogP contribution in [0, 0.1) is 6.92 Å². The number of para-hydroxylation sites is 1. The summed E-state index contributed by atoms with van der Waals surface area (Å²) in [6, 6.07) is 9.94. The van der Waals surface area contributed by atoms with E-state index < -0.39 is 0 Å². The molecule has 26 heavy (non-hydrogen) atoms. The Morgan fingerprint density at radius 3 is 2.92 bits per heavy atom. The van der Waals surface area contributed by atoms with E-state index in [1.54, 1.807) is 11.3 Å². The number of ether oxygens (including phenoxy) is 2. The third-order valence-electron chi connectivity index (χ3n) is 4.62. The van der Waals surface area contributed by atoms with Crippen LogP contribution in [0.15, 0.2) is 30.3 Å². The summed E-state index contributed by atoms with van der Waals surface area (Å²) in [6.45, 7) is 5.14. The summed E-state index contributed by atoms with van der Waals surface area (Å²) in [5.41, 5.74) is 1.98. The first-order valence-electron chi connectivity index (χ1n) is 9.05. The Balaban J connectivity index is 1.50. The van der Waals surface area contributed by atoms with Gasteiger partial charge in [-0.05, 0) is 31.9 Å². The zero-order chi connectivity index (χ0) is 17.9. The van der Waals surface area contributed by atoms with E-state index in [2.05, 4.69) is 10.00 Å². The molecule has 1 aromatic carbocycles. The number of hydrogen-bond donors (Lipinski definition) is 0. The molecule has 1 fully saturated rings. The van der Waals surface area contributed by atoms with Crippen LogP contribution in [0.3, 0.4) is 0 Å². The summed E-state index contributed by atoms with van der Waals surface area (Å²) in [4.78, 5) is 7.13. The Kier molecular flexibility index (Phi) is 5.08. The van der Waals surface area contributed by atoms with E-state index >= 15 is 0 Å². The van der Waals surface area contributed by atoms with Gasteiger partial charge in [-0.2, -0.15) is 5.10 Å². The minimum atomic E-state index is 0.276. The number of hydrogen-bond acceptors (Lipinski definition) is 6. The fourth-order valence-electron chi connectivity index (χ4n) is 3.30. The number of nitrogens with zero attached hydrogens (tertiary/aromatic N) is 4. The predicted octanol–water partition coefficient (Wildman–Crippen LogP) is 3.40. The van der Waals surface area contributed by atoms with Gasteiger partial charge in [0.15, 0.2) is 10.8 Å². The number of anilines is 1. The Bertz CT molecular complexity index is 821. The molecule has 2 aromatic heterocycles. The SMILES string of the molecule is Cc1nn(C)c2nc(N(CCOc3ccccc3)C[C@@H]3CCCO3)sc12. The molecular weight excluding hydrogens is 348 g/mol. The van der Waals surface area contributed by atoms with Gasteiger partial charge >= 0.3 is 0 Å². The summed E-state index contributed by atoms with van der Waals surface area (Å²) in [5, 5.41) is 5.47. The van der Waals surface area contributed by atoms with Crippen LogP contribution in [0.25, 0.3) is 10.3 Å². The molecule has 0 radical (unpaired) electrons. The maximum absolute atomic E-state index is 5.90. The third-order valence-corrected chi connectivity index (χ3v) is 5.84. The summed E-state index contributed by atoms with van der Waals surface area (Å²) in [5.74, 6) is 0.897. The van der Waals surface area contributed by atoms with Gasteiger partial charge in [0, 0.05) is 20.2 Å². The Labute approximate surface area is 157 Å². The Hall–Kier alpha value is -2.12. The molecule has 3 heterocycles. The lowest BCUT2D eigenvalue weighted by Crippen LogP contribution is -2.35. The lowest BCUT2D eigenvalue weighted by molar-refractivity contribution is 0.115. The summed E-state index contributed by atoms with van der Waals surface area (Å²) in [6.07, 6.45) is 2.53. The van der Waals surface area contributed by atoms with E-state index in [-0.39, 0.29) is 6.10 Å². The minimum absolute atomic E-state index is 0.276. The zero-order valence-electron chi connectivity index (χ0n) is 15.2. The van der Waals surface area contributed by atoms with Crippen molar-refractivity contribution < 1.29 is 9.47 Å². The van der Waals surface area contributed by atoms with Crippen molar-refractivity contribution in [2.24, 2.45) is 7.05 Å². The van der Waals surface area contributed by atoms with Gasteiger partial charge in [0.05, 0.1) is 23.0 Å². The van der Waals surface area contributed by atoms with Crippen molar-refractivity contribution >= 4 is 26.8 Å². The van der Waals surface area contributed by atoms with E-state index in [9.17, 15) is 0 Å². The highest BCUT2D eigenvalue weighted by molar-refractivity contribution is 7.22. The molecule has 1 atom stereocenters. The van der Waals surface area contributed by atoms with Gasteiger partial charge < -0.3 is 14.4 Å².